The molecular weight excluding hydrogens is 226 g/mol. The molecule has 0 radical (unpaired) electrons. The number of rotatable bonds is 2. The SMILES string of the molecule is Cc1nc(Cl)cc(OC2CCN(C)CC2)n1. The molecule has 2 heterocycles. The van der Waals surface area contributed by atoms with Crippen molar-refractivity contribution in [2.75, 3.05) is 20.1 Å². The quantitative estimate of drug-likeness (QED) is 0.742. The summed E-state index contributed by atoms with van der Waals surface area (Å²) in [5.41, 5.74) is 0. The Morgan fingerprint density at radius 3 is 2.69 bits per heavy atom. The first-order chi connectivity index (χ1) is 7.63. The van der Waals surface area contributed by atoms with Gasteiger partial charge >= 0.3 is 0 Å². The van der Waals surface area contributed by atoms with Gasteiger partial charge in [-0.25, -0.2) is 4.98 Å². The van der Waals surface area contributed by atoms with Crippen molar-refractivity contribution in [3.8, 4) is 5.88 Å². The molecule has 88 valence electrons. The van der Waals surface area contributed by atoms with Crippen molar-refractivity contribution in [2.24, 2.45) is 0 Å². The highest BCUT2D eigenvalue weighted by atomic mass is 35.5. The van der Waals surface area contributed by atoms with Crippen molar-refractivity contribution >= 4 is 11.6 Å². The highest BCUT2D eigenvalue weighted by Crippen LogP contribution is 2.19. The number of likely N-dealkylation sites (tertiary alicyclic amines) is 1. The minimum absolute atomic E-state index is 0.251. The predicted molar refractivity (Wildman–Crippen MR) is 62.9 cm³/mol. The molecule has 2 rings (SSSR count). The van der Waals surface area contributed by atoms with E-state index in [0.29, 0.717) is 16.9 Å². The second kappa shape index (κ2) is 4.97. The van der Waals surface area contributed by atoms with Gasteiger partial charge in [0.25, 0.3) is 0 Å². The van der Waals surface area contributed by atoms with Gasteiger partial charge in [-0.1, -0.05) is 11.6 Å². The number of halogens is 1. The van der Waals surface area contributed by atoms with Crippen molar-refractivity contribution in [2.45, 2.75) is 25.9 Å². The second-order valence-electron chi connectivity index (χ2n) is 4.20. The molecule has 1 saturated heterocycles. The summed E-state index contributed by atoms with van der Waals surface area (Å²) in [6, 6.07) is 1.67. The van der Waals surface area contributed by atoms with Crippen molar-refractivity contribution in [1.29, 1.82) is 0 Å². The fourth-order valence-electron chi connectivity index (χ4n) is 1.84. The first-order valence-electron chi connectivity index (χ1n) is 5.50. The zero-order valence-corrected chi connectivity index (χ0v) is 10.4. The van der Waals surface area contributed by atoms with E-state index < -0.39 is 0 Å². The Balaban J connectivity index is 1.98. The molecule has 0 spiro atoms. The van der Waals surface area contributed by atoms with Crippen molar-refractivity contribution < 1.29 is 4.74 Å². The van der Waals surface area contributed by atoms with Crippen LogP contribution in [0.2, 0.25) is 5.15 Å². The number of nitrogens with zero attached hydrogens (tertiary/aromatic N) is 3. The van der Waals surface area contributed by atoms with Crippen LogP contribution in [0.15, 0.2) is 6.07 Å². The van der Waals surface area contributed by atoms with Gasteiger partial charge in [0.1, 0.15) is 17.1 Å². The molecule has 1 aromatic heterocycles. The lowest BCUT2D eigenvalue weighted by Gasteiger charge is -2.28. The summed E-state index contributed by atoms with van der Waals surface area (Å²) in [6.45, 7) is 3.96. The molecule has 0 aliphatic carbocycles. The van der Waals surface area contributed by atoms with Crippen LogP contribution in [0.25, 0.3) is 0 Å². The van der Waals surface area contributed by atoms with Crippen LogP contribution in [0.4, 0.5) is 0 Å². The standard InChI is InChI=1S/C11H16ClN3O/c1-8-13-10(12)7-11(14-8)16-9-3-5-15(2)6-4-9/h7,9H,3-6H2,1-2H3. The Morgan fingerprint density at radius 1 is 1.38 bits per heavy atom. The third kappa shape index (κ3) is 3.06. The van der Waals surface area contributed by atoms with Gasteiger partial charge in [-0.15, -0.1) is 0 Å². The zero-order valence-electron chi connectivity index (χ0n) is 9.61. The molecule has 1 aliphatic rings. The van der Waals surface area contributed by atoms with Gasteiger partial charge in [-0.3, -0.25) is 0 Å². The largest absolute Gasteiger partial charge is 0.474 e. The fraction of sp³-hybridized carbons (Fsp3) is 0.636. The molecule has 0 N–H and O–H groups in total. The third-order valence-electron chi connectivity index (χ3n) is 2.74. The molecule has 0 amide bonds. The molecule has 0 bridgehead atoms. The lowest BCUT2D eigenvalue weighted by molar-refractivity contribution is 0.109. The third-order valence-corrected chi connectivity index (χ3v) is 2.93. The molecule has 0 saturated carbocycles. The molecule has 1 aliphatic heterocycles. The summed E-state index contributed by atoms with van der Waals surface area (Å²) >= 11 is 5.85. The van der Waals surface area contributed by atoms with Gasteiger partial charge in [0.2, 0.25) is 5.88 Å². The topological polar surface area (TPSA) is 38.2 Å². The fourth-order valence-corrected chi connectivity index (χ4v) is 2.06. The molecule has 1 aromatic rings. The number of piperidine rings is 1. The first kappa shape index (κ1) is 11.6. The van der Waals surface area contributed by atoms with Gasteiger partial charge < -0.3 is 9.64 Å². The van der Waals surface area contributed by atoms with E-state index in [-0.39, 0.29) is 6.10 Å². The van der Waals surface area contributed by atoms with Crippen molar-refractivity contribution in [3.05, 3.63) is 17.0 Å². The average Bonchev–Trinajstić information content (AvgIpc) is 2.20. The van der Waals surface area contributed by atoms with E-state index in [1.165, 1.54) is 0 Å². The smallest absolute Gasteiger partial charge is 0.218 e. The summed E-state index contributed by atoms with van der Waals surface area (Å²) in [6.07, 6.45) is 2.33. The minimum Gasteiger partial charge on any atom is -0.474 e. The zero-order chi connectivity index (χ0) is 11.5. The van der Waals surface area contributed by atoms with Crippen LogP contribution < -0.4 is 4.74 Å². The van der Waals surface area contributed by atoms with Gasteiger partial charge in [-0.2, -0.15) is 4.98 Å². The molecule has 4 nitrogen and oxygen atoms in total. The summed E-state index contributed by atoms with van der Waals surface area (Å²) in [5.74, 6) is 1.24. The summed E-state index contributed by atoms with van der Waals surface area (Å²) < 4.78 is 5.80. The number of hydrogen-bond donors (Lipinski definition) is 0. The highest BCUT2D eigenvalue weighted by molar-refractivity contribution is 6.29. The van der Waals surface area contributed by atoms with E-state index in [9.17, 15) is 0 Å². The van der Waals surface area contributed by atoms with Crippen LogP contribution in [-0.2, 0) is 0 Å². The number of ether oxygens (including phenoxy) is 1. The summed E-state index contributed by atoms with van der Waals surface area (Å²) in [7, 11) is 2.13. The number of aryl methyl sites for hydroxylation is 1. The first-order valence-corrected chi connectivity index (χ1v) is 5.87. The molecular formula is C11H16ClN3O. The van der Waals surface area contributed by atoms with E-state index in [1.54, 1.807) is 6.07 Å². The van der Waals surface area contributed by atoms with Crippen LogP contribution in [0.1, 0.15) is 18.7 Å². The Bertz CT molecular complexity index is 344. The van der Waals surface area contributed by atoms with E-state index in [2.05, 4.69) is 21.9 Å². The highest BCUT2D eigenvalue weighted by Gasteiger charge is 2.18. The normalized spacial score (nSPS) is 18.7. The van der Waals surface area contributed by atoms with Crippen LogP contribution in [0, 0.1) is 6.92 Å². The van der Waals surface area contributed by atoms with Crippen LogP contribution >= 0.6 is 11.6 Å². The molecule has 0 atom stereocenters. The lowest BCUT2D eigenvalue weighted by atomic mass is 10.1. The van der Waals surface area contributed by atoms with E-state index in [4.69, 9.17) is 16.3 Å². The monoisotopic (exact) mass is 241 g/mol. The van der Waals surface area contributed by atoms with Gasteiger partial charge in [-0.05, 0) is 26.8 Å². The van der Waals surface area contributed by atoms with Crippen LogP contribution in [0.5, 0.6) is 5.88 Å². The Morgan fingerprint density at radius 2 is 2.06 bits per heavy atom. The van der Waals surface area contributed by atoms with E-state index in [0.717, 1.165) is 25.9 Å². The van der Waals surface area contributed by atoms with Crippen molar-refractivity contribution in [3.63, 3.8) is 0 Å². The second-order valence-corrected chi connectivity index (χ2v) is 4.58. The van der Waals surface area contributed by atoms with Crippen molar-refractivity contribution in [1.82, 2.24) is 14.9 Å². The van der Waals surface area contributed by atoms with Gasteiger partial charge in [0.05, 0.1) is 0 Å². The van der Waals surface area contributed by atoms with E-state index >= 15 is 0 Å². The molecule has 1 fully saturated rings. The predicted octanol–water partition coefficient (Wildman–Crippen LogP) is 1.91. The van der Waals surface area contributed by atoms with E-state index in [1.807, 2.05) is 6.92 Å². The minimum atomic E-state index is 0.251. The molecule has 0 unspecified atom stereocenters. The number of hydrogen-bond acceptors (Lipinski definition) is 4. The summed E-state index contributed by atoms with van der Waals surface area (Å²) in [4.78, 5) is 10.5. The maximum atomic E-state index is 5.85. The maximum Gasteiger partial charge on any atom is 0.218 e. The summed E-state index contributed by atoms with van der Waals surface area (Å²) in [5, 5.41) is 0.440. The Hall–Kier alpha value is -0.870. The maximum absolute atomic E-state index is 5.85. The number of aromatic nitrogens is 2. The van der Waals surface area contributed by atoms with Crippen LogP contribution in [0.3, 0.4) is 0 Å². The van der Waals surface area contributed by atoms with Gasteiger partial charge in [0.15, 0.2) is 0 Å². The van der Waals surface area contributed by atoms with Crippen LogP contribution in [-0.4, -0.2) is 41.1 Å². The molecule has 16 heavy (non-hydrogen) atoms. The molecule has 5 heteroatoms. The Labute approximate surface area is 101 Å². The van der Waals surface area contributed by atoms with Gasteiger partial charge in [0, 0.05) is 19.2 Å². The Kier molecular flexibility index (Phi) is 3.61. The lowest BCUT2D eigenvalue weighted by Crippen LogP contribution is -2.35. The average molecular weight is 242 g/mol. The molecule has 0 aromatic carbocycles.